The first-order valence-electron chi connectivity index (χ1n) is 17.7. The molecule has 4 saturated carbocycles. The van der Waals surface area contributed by atoms with E-state index in [1.54, 1.807) is 13.3 Å². The first-order chi connectivity index (χ1) is 21.2. The molecule has 13 atom stereocenters. The fourth-order valence-corrected chi connectivity index (χ4v) is 12.3. The molecule has 0 aromatic carbocycles. The van der Waals surface area contributed by atoms with Crippen LogP contribution in [0.5, 0.6) is 0 Å². The second-order valence-corrected chi connectivity index (χ2v) is 16.7. The SMILES string of the molecule is CC[C@H]1CC2C3CC[C@H]([C@H](C)CCNC(=O)NSC4C=CC(c5ccno5)CC4OC)C3(C)CC[C@@H]2C2(C)CC[C@@H](O)CC12. The van der Waals surface area contributed by atoms with Crippen LogP contribution in [0.15, 0.2) is 28.9 Å². The van der Waals surface area contributed by atoms with Gasteiger partial charge in [0, 0.05) is 25.6 Å². The average Bonchev–Trinajstić information content (AvgIpc) is 3.68. The molecule has 44 heavy (non-hydrogen) atoms. The molecule has 8 unspecified atom stereocenters. The zero-order valence-corrected chi connectivity index (χ0v) is 28.5. The number of carbonyl (C=O) groups is 1. The normalized spacial score (nSPS) is 43.9. The Morgan fingerprint density at radius 1 is 1.11 bits per heavy atom. The number of nitrogens with one attached hydrogen (secondary N) is 2. The Morgan fingerprint density at radius 2 is 1.91 bits per heavy atom. The summed E-state index contributed by atoms with van der Waals surface area (Å²) in [6.07, 6.45) is 19.0. The Labute approximate surface area is 269 Å². The lowest BCUT2D eigenvalue weighted by Crippen LogP contribution is -2.56. The van der Waals surface area contributed by atoms with Crippen molar-refractivity contribution >= 4 is 18.0 Å². The third kappa shape index (κ3) is 6.01. The number of aliphatic hydroxyl groups is 1. The van der Waals surface area contributed by atoms with Crippen LogP contribution in [0, 0.1) is 52.3 Å². The summed E-state index contributed by atoms with van der Waals surface area (Å²) in [5, 5.41) is 17.6. The van der Waals surface area contributed by atoms with Gasteiger partial charge in [0.25, 0.3) is 0 Å². The van der Waals surface area contributed by atoms with Gasteiger partial charge in [-0.3, -0.25) is 4.72 Å². The Bertz CT molecular complexity index is 1150. The largest absolute Gasteiger partial charge is 0.393 e. The molecule has 5 aliphatic carbocycles. The highest BCUT2D eigenvalue weighted by Crippen LogP contribution is 2.69. The van der Waals surface area contributed by atoms with Gasteiger partial charge in [0.15, 0.2) is 0 Å². The van der Waals surface area contributed by atoms with Gasteiger partial charge in [-0.25, -0.2) is 4.79 Å². The summed E-state index contributed by atoms with van der Waals surface area (Å²) in [6, 6.07) is 1.78. The van der Waals surface area contributed by atoms with Gasteiger partial charge in [0.1, 0.15) is 5.76 Å². The van der Waals surface area contributed by atoms with Gasteiger partial charge >= 0.3 is 6.03 Å². The Morgan fingerprint density at radius 3 is 2.66 bits per heavy atom. The number of hydrogen-bond acceptors (Lipinski definition) is 6. The maximum Gasteiger partial charge on any atom is 0.324 e. The molecule has 1 aromatic heterocycles. The molecule has 246 valence electrons. The molecule has 1 aromatic rings. The number of hydrogen-bond donors (Lipinski definition) is 3. The lowest BCUT2D eigenvalue weighted by molar-refractivity contribution is -0.152. The van der Waals surface area contributed by atoms with Gasteiger partial charge in [0.05, 0.1) is 23.7 Å². The van der Waals surface area contributed by atoms with E-state index >= 15 is 0 Å². The summed E-state index contributed by atoms with van der Waals surface area (Å²) in [5.41, 5.74) is 0.832. The third-order valence-corrected chi connectivity index (χ3v) is 14.8. The quantitative estimate of drug-likeness (QED) is 0.192. The molecule has 2 amide bonds. The fraction of sp³-hybridized carbons (Fsp3) is 0.833. The maximum atomic E-state index is 12.8. The summed E-state index contributed by atoms with van der Waals surface area (Å²) in [6.45, 7) is 10.8. The molecule has 0 radical (unpaired) electrons. The Kier molecular flexibility index (Phi) is 9.81. The van der Waals surface area contributed by atoms with E-state index in [0.29, 0.717) is 29.2 Å². The van der Waals surface area contributed by atoms with Crippen molar-refractivity contribution < 1.29 is 19.2 Å². The summed E-state index contributed by atoms with van der Waals surface area (Å²) in [4.78, 5) is 12.8. The van der Waals surface area contributed by atoms with Crippen LogP contribution >= 0.6 is 11.9 Å². The van der Waals surface area contributed by atoms with Crippen molar-refractivity contribution in [1.82, 2.24) is 15.2 Å². The van der Waals surface area contributed by atoms with Crippen molar-refractivity contribution in [3.63, 3.8) is 0 Å². The predicted molar refractivity (Wildman–Crippen MR) is 176 cm³/mol. The fourth-order valence-electron chi connectivity index (χ4n) is 11.5. The number of aromatic nitrogens is 1. The number of allylic oxidation sites excluding steroid dienone is 1. The minimum absolute atomic E-state index is 0.0125. The topological polar surface area (TPSA) is 96.6 Å². The van der Waals surface area contributed by atoms with Crippen molar-refractivity contribution in [2.45, 2.75) is 122 Å². The molecule has 0 bridgehead atoms. The van der Waals surface area contributed by atoms with E-state index in [1.165, 1.54) is 56.9 Å². The van der Waals surface area contributed by atoms with Crippen LogP contribution in [-0.2, 0) is 4.74 Å². The van der Waals surface area contributed by atoms with Crippen LogP contribution in [0.3, 0.4) is 0 Å². The minimum atomic E-state index is -0.118. The molecule has 0 spiro atoms. The molecule has 0 saturated heterocycles. The molecular weight excluding hydrogens is 570 g/mol. The van der Waals surface area contributed by atoms with Crippen LogP contribution in [0.25, 0.3) is 0 Å². The van der Waals surface area contributed by atoms with E-state index in [2.05, 4.69) is 55.0 Å². The number of rotatable bonds is 9. The van der Waals surface area contributed by atoms with Crippen LogP contribution in [0.1, 0.15) is 110 Å². The standard InChI is InChI=1S/C36H57N3O4S/c1-6-23-19-26-28-9-8-27(35(28,3)16-12-29(26)36(4)15-11-25(40)21-30(23)36)22(2)13-17-37-34(41)39-44-33-10-7-24(20-32(33)42-5)31-14-18-38-43-31/h7,10,14,18,22-30,32-33,40H,6,8-9,11-13,15-17,19-21H2,1-5H3,(H2,37,39,41)/t22-,23+,24?,25-,26?,27-,28?,29+,30?,32?,33?,35?,36?/m1/s1. The molecule has 6 rings (SSSR count). The highest BCUT2D eigenvalue weighted by molar-refractivity contribution is 7.98. The lowest BCUT2D eigenvalue weighted by atomic mass is 9.42. The smallest absolute Gasteiger partial charge is 0.324 e. The molecule has 4 fully saturated rings. The maximum absolute atomic E-state index is 12.8. The summed E-state index contributed by atoms with van der Waals surface area (Å²) >= 11 is 1.42. The summed E-state index contributed by atoms with van der Waals surface area (Å²) < 4.78 is 14.1. The minimum Gasteiger partial charge on any atom is -0.393 e. The van der Waals surface area contributed by atoms with Crippen molar-refractivity contribution in [2.24, 2.45) is 52.3 Å². The van der Waals surface area contributed by atoms with Crippen LogP contribution in [-0.4, -0.2) is 47.4 Å². The van der Waals surface area contributed by atoms with E-state index in [4.69, 9.17) is 9.26 Å². The summed E-state index contributed by atoms with van der Waals surface area (Å²) in [7, 11) is 1.73. The zero-order chi connectivity index (χ0) is 31.1. The van der Waals surface area contributed by atoms with Gasteiger partial charge in [-0.15, -0.1) is 0 Å². The van der Waals surface area contributed by atoms with E-state index in [-0.39, 0.29) is 29.4 Å². The Hall–Kier alpha value is -1.51. The van der Waals surface area contributed by atoms with Gasteiger partial charge in [0.2, 0.25) is 0 Å². The summed E-state index contributed by atoms with van der Waals surface area (Å²) in [5.74, 6) is 6.33. The number of fused-ring (bicyclic) bond motifs is 5. The molecule has 0 aliphatic heterocycles. The van der Waals surface area contributed by atoms with Gasteiger partial charge in [-0.2, -0.15) is 0 Å². The monoisotopic (exact) mass is 627 g/mol. The van der Waals surface area contributed by atoms with E-state index in [9.17, 15) is 9.90 Å². The van der Waals surface area contributed by atoms with E-state index in [0.717, 1.165) is 61.0 Å². The second kappa shape index (κ2) is 13.3. The number of carbonyl (C=O) groups excluding carboxylic acids is 1. The van der Waals surface area contributed by atoms with Gasteiger partial charge in [-0.1, -0.05) is 51.4 Å². The van der Waals surface area contributed by atoms with Crippen LogP contribution < -0.4 is 10.0 Å². The predicted octanol–water partition coefficient (Wildman–Crippen LogP) is 7.73. The molecule has 3 N–H and O–H groups in total. The first kappa shape index (κ1) is 32.4. The van der Waals surface area contributed by atoms with Gasteiger partial charge < -0.3 is 19.7 Å². The van der Waals surface area contributed by atoms with Crippen molar-refractivity contribution in [2.75, 3.05) is 13.7 Å². The van der Waals surface area contributed by atoms with Crippen molar-refractivity contribution in [3.8, 4) is 0 Å². The second-order valence-electron chi connectivity index (χ2n) is 15.7. The molecular formula is C36H57N3O4S. The van der Waals surface area contributed by atoms with Crippen molar-refractivity contribution in [1.29, 1.82) is 0 Å². The van der Waals surface area contributed by atoms with Crippen LogP contribution in [0.2, 0.25) is 0 Å². The average molecular weight is 628 g/mol. The van der Waals surface area contributed by atoms with Crippen molar-refractivity contribution in [3.05, 3.63) is 30.2 Å². The molecule has 1 heterocycles. The van der Waals surface area contributed by atoms with Gasteiger partial charge in [-0.05, 0) is 128 Å². The van der Waals surface area contributed by atoms with E-state index in [1.807, 2.05) is 6.07 Å². The van der Waals surface area contributed by atoms with Crippen LogP contribution in [0.4, 0.5) is 4.79 Å². The highest BCUT2D eigenvalue weighted by atomic mass is 32.2. The molecule has 7 nitrogen and oxygen atoms in total. The van der Waals surface area contributed by atoms with E-state index < -0.39 is 0 Å². The number of urea groups is 1. The third-order valence-electron chi connectivity index (χ3n) is 13.8. The number of aliphatic hydroxyl groups excluding tert-OH is 1. The molecule has 8 heteroatoms. The molecule has 5 aliphatic rings. The number of methoxy groups -OCH3 is 1. The lowest BCUT2D eigenvalue weighted by Gasteiger charge is -2.63. The zero-order valence-electron chi connectivity index (χ0n) is 27.7. The number of ether oxygens (including phenoxy) is 1. The first-order valence-corrected chi connectivity index (χ1v) is 18.5. The highest BCUT2D eigenvalue weighted by Gasteiger charge is 2.62. The number of amides is 2. The number of nitrogens with zero attached hydrogens (tertiary/aromatic N) is 1. The Balaban J connectivity index is 0.995.